The van der Waals surface area contributed by atoms with Gasteiger partial charge in [0.25, 0.3) is 0 Å². The molecule has 2 N–H and O–H groups in total. The Morgan fingerprint density at radius 1 is 1.71 bits per heavy atom. The maximum absolute atomic E-state index is 9.47. The van der Waals surface area contributed by atoms with Gasteiger partial charge in [0.2, 0.25) is 5.91 Å². The fraction of sp³-hybridized carbons (Fsp3) is 0. The van der Waals surface area contributed by atoms with Gasteiger partial charge in [-0.15, -0.1) is 0 Å². The van der Waals surface area contributed by atoms with Crippen LogP contribution < -0.4 is 11.9 Å². The second-order valence-corrected chi connectivity index (χ2v) is 0.606. The molecule has 3 nitrogen and oxygen atoms in total. The van der Waals surface area contributed by atoms with Gasteiger partial charge in [-0.25, -0.2) is 0 Å². The van der Waals surface area contributed by atoms with E-state index in [4.69, 9.17) is 0 Å². The van der Waals surface area contributed by atoms with E-state index in [-0.39, 0.29) is 35.7 Å². The summed E-state index contributed by atoms with van der Waals surface area (Å²) in [6, 6.07) is 0. The molecular formula is C3H5N2NaO. The molecule has 0 aliphatic carbocycles. The number of hydrogen-bond acceptors (Lipinski definition) is 1. The third-order valence-corrected chi connectivity index (χ3v) is 0.201. The van der Waals surface area contributed by atoms with Gasteiger partial charge in [0, 0.05) is 35.7 Å². The summed E-state index contributed by atoms with van der Waals surface area (Å²) in [5.74, 6) is -0.481. The molecule has 0 atom stereocenters. The molecule has 0 aliphatic heterocycles. The topological polar surface area (TPSA) is 73.6 Å². The van der Waals surface area contributed by atoms with Crippen molar-refractivity contribution in [2.24, 2.45) is 5.73 Å². The summed E-state index contributed by atoms with van der Waals surface area (Å²) in [5.41, 5.74) is 4.53. The molecule has 0 spiro atoms. The Hall–Kier alpha value is 0.170. The molecule has 4 heteroatoms. The average Bonchev–Trinajstić information content (AvgIpc) is 1.38. The van der Waals surface area contributed by atoms with Crippen molar-refractivity contribution in [3.8, 4) is 0 Å². The summed E-state index contributed by atoms with van der Waals surface area (Å²) < 4.78 is 0. The van der Waals surface area contributed by atoms with Crippen LogP contribution in [0.3, 0.4) is 0 Å². The summed E-state index contributed by atoms with van der Waals surface area (Å²) >= 11 is 0. The SMILES string of the molecule is C=CC(N)=O.[N].[Na]. The molecule has 0 bridgehead atoms. The Morgan fingerprint density at radius 3 is 1.86 bits per heavy atom. The van der Waals surface area contributed by atoms with E-state index in [0.717, 1.165) is 6.08 Å². The molecule has 0 heterocycles. The van der Waals surface area contributed by atoms with Gasteiger partial charge in [-0.1, -0.05) is 6.58 Å². The van der Waals surface area contributed by atoms with E-state index < -0.39 is 5.91 Å². The van der Waals surface area contributed by atoms with Crippen molar-refractivity contribution in [3.63, 3.8) is 0 Å². The number of nitrogens with zero attached hydrogens (tertiary/aromatic N) is 1. The first-order chi connectivity index (χ1) is 2.27. The molecule has 34 valence electrons. The van der Waals surface area contributed by atoms with Crippen LogP contribution in [0.15, 0.2) is 12.7 Å². The van der Waals surface area contributed by atoms with E-state index in [0.29, 0.717) is 0 Å². The van der Waals surface area contributed by atoms with E-state index in [1.165, 1.54) is 0 Å². The maximum atomic E-state index is 9.47. The zero-order chi connectivity index (χ0) is 4.28. The first-order valence-electron chi connectivity index (χ1n) is 1.19. The molecule has 7 heavy (non-hydrogen) atoms. The monoisotopic (exact) mass is 108 g/mol. The van der Waals surface area contributed by atoms with Crippen molar-refractivity contribution in [3.05, 3.63) is 12.7 Å². The molecule has 0 saturated heterocycles. The Labute approximate surface area is 64.8 Å². The minimum absolute atomic E-state index is 0. The molecule has 0 aromatic heterocycles. The fourth-order valence-electron chi connectivity index (χ4n) is 0. The van der Waals surface area contributed by atoms with E-state index in [2.05, 4.69) is 12.3 Å². The van der Waals surface area contributed by atoms with Crippen molar-refractivity contribution in [2.75, 3.05) is 0 Å². The third-order valence-electron chi connectivity index (χ3n) is 0.201. The summed E-state index contributed by atoms with van der Waals surface area (Å²) in [7, 11) is 0. The zero-order valence-electron chi connectivity index (χ0n) is 4.22. The molecule has 0 aromatic carbocycles. The summed E-state index contributed by atoms with van der Waals surface area (Å²) in [4.78, 5) is 9.47. The van der Waals surface area contributed by atoms with Crippen molar-refractivity contribution < 1.29 is 4.79 Å². The fourth-order valence-corrected chi connectivity index (χ4v) is 0. The molecule has 0 aromatic rings. The molecule has 0 aliphatic rings. The second kappa shape index (κ2) is 9.48. The molecule has 1 amide bonds. The standard InChI is InChI=1S/C3H5NO.N.Na/c1-2-3(4)5;;/h2H,1H2,(H2,4,5);;. The summed E-state index contributed by atoms with van der Waals surface area (Å²) in [5, 5.41) is 0. The first-order valence-corrected chi connectivity index (χ1v) is 1.19. The number of hydrogen-bond donors (Lipinski definition) is 1. The molecule has 0 unspecified atom stereocenters. The smallest absolute Gasteiger partial charge is 0.240 e. The minimum atomic E-state index is -0.481. The molecule has 0 saturated carbocycles. The zero-order valence-corrected chi connectivity index (χ0v) is 6.22. The van der Waals surface area contributed by atoms with Gasteiger partial charge in [0.1, 0.15) is 0 Å². The average molecular weight is 108 g/mol. The summed E-state index contributed by atoms with van der Waals surface area (Å²) in [6.45, 7) is 3.09. The molecule has 4 radical (unpaired) electrons. The molecule has 0 rings (SSSR count). The molecule has 0 fully saturated rings. The van der Waals surface area contributed by atoms with Gasteiger partial charge < -0.3 is 5.73 Å². The number of carbonyl (C=O) groups is 1. The van der Waals surface area contributed by atoms with E-state index in [1.807, 2.05) is 0 Å². The van der Waals surface area contributed by atoms with Gasteiger partial charge in [-0.05, 0) is 6.08 Å². The maximum Gasteiger partial charge on any atom is 0.240 e. The van der Waals surface area contributed by atoms with Crippen molar-refractivity contribution in [1.82, 2.24) is 6.15 Å². The van der Waals surface area contributed by atoms with E-state index >= 15 is 0 Å². The van der Waals surface area contributed by atoms with Crippen molar-refractivity contribution in [2.45, 2.75) is 0 Å². The third kappa shape index (κ3) is 22.8. The van der Waals surface area contributed by atoms with Gasteiger partial charge in [-0.3, -0.25) is 4.79 Å². The van der Waals surface area contributed by atoms with Crippen molar-refractivity contribution in [1.29, 1.82) is 0 Å². The van der Waals surface area contributed by atoms with E-state index in [1.54, 1.807) is 0 Å². The van der Waals surface area contributed by atoms with Gasteiger partial charge >= 0.3 is 0 Å². The summed E-state index contributed by atoms with van der Waals surface area (Å²) in [6.07, 6.45) is 1.06. The number of rotatable bonds is 1. The normalized spacial score (nSPS) is 4.57. The Balaban J connectivity index is -0.0000000800. The van der Waals surface area contributed by atoms with Crippen LogP contribution in [0.25, 0.3) is 0 Å². The van der Waals surface area contributed by atoms with Gasteiger partial charge in [0.05, 0.1) is 0 Å². The Kier molecular flexibility index (Phi) is 21.3. The van der Waals surface area contributed by atoms with Crippen LogP contribution in [0.1, 0.15) is 0 Å². The van der Waals surface area contributed by atoms with Gasteiger partial charge in [-0.2, -0.15) is 0 Å². The Morgan fingerprint density at radius 2 is 1.86 bits per heavy atom. The molecular weight excluding hydrogens is 103 g/mol. The minimum Gasteiger partial charge on any atom is -0.366 e. The van der Waals surface area contributed by atoms with Crippen LogP contribution >= 0.6 is 0 Å². The number of primary amides is 1. The number of amides is 1. The quantitative estimate of drug-likeness (QED) is 0.332. The van der Waals surface area contributed by atoms with Crippen LogP contribution in [-0.4, -0.2) is 35.5 Å². The predicted octanol–water partition coefficient (Wildman–Crippen LogP) is -1.20. The predicted molar refractivity (Wildman–Crippen MR) is 27.3 cm³/mol. The van der Waals surface area contributed by atoms with Gasteiger partial charge in [0.15, 0.2) is 0 Å². The van der Waals surface area contributed by atoms with Crippen LogP contribution in [0, 0.1) is 0 Å². The first kappa shape index (κ1) is 15.7. The second-order valence-electron chi connectivity index (χ2n) is 0.606. The van der Waals surface area contributed by atoms with E-state index in [9.17, 15) is 4.79 Å². The Bertz CT molecular complexity index is 64.0. The van der Waals surface area contributed by atoms with Crippen LogP contribution in [0.2, 0.25) is 0 Å². The van der Waals surface area contributed by atoms with Crippen molar-refractivity contribution >= 4 is 35.5 Å². The number of carbonyl (C=O) groups excluding carboxylic acids is 1. The van der Waals surface area contributed by atoms with Crippen LogP contribution in [-0.2, 0) is 4.79 Å². The largest absolute Gasteiger partial charge is 0.366 e. The number of nitrogens with two attached hydrogens (primary N) is 1. The van der Waals surface area contributed by atoms with Crippen LogP contribution in [0.4, 0.5) is 0 Å². The van der Waals surface area contributed by atoms with Crippen LogP contribution in [0.5, 0.6) is 0 Å².